The van der Waals surface area contributed by atoms with Gasteiger partial charge in [0.05, 0.1) is 36.0 Å². The summed E-state index contributed by atoms with van der Waals surface area (Å²) in [5.41, 5.74) is -0.291. The number of aromatic nitrogens is 1. The van der Waals surface area contributed by atoms with Gasteiger partial charge in [-0.05, 0) is 43.6 Å². The van der Waals surface area contributed by atoms with Crippen molar-refractivity contribution in [1.29, 1.82) is 0 Å². The van der Waals surface area contributed by atoms with E-state index in [9.17, 15) is 26.8 Å². The van der Waals surface area contributed by atoms with Gasteiger partial charge in [-0.3, -0.25) is 9.79 Å². The Kier molecular flexibility index (Phi) is 7.63. The summed E-state index contributed by atoms with van der Waals surface area (Å²) >= 11 is 7.53. The summed E-state index contributed by atoms with van der Waals surface area (Å²) < 4.78 is 66.8. The quantitative estimate of drug-likeness (QED) is 0.335. The van der Waals surface area contributed by atoms with E-state index >= 15 is 0 Å². The maximum absolute atomic E-state index is 14.6. The number of esters is 2. The Hall–Kier alpha value is -2.94. The molecule has 3 heterocycles. The van der Waals surface area contributed by atoms with Crippen LogP contribution in [0.3, 0.4) is 0 Å². The molecule has 3 aliphatic carbocycles. The monoisotopic (exact) mass is 654 g/mol. The van der Waals surface area contributed by atoms with Crippen molar-refractivity contribution in [2.24, 2.45) is 21.7 Å². The molecule has 7 rings (SSSR count). The summed E-state index contributed by atoms with van der Waals surface area (Å²) in [6.45, 7) is 0.427. The molecule has 230 valence electrons. The van der Waals surface area contributed by atoms with Crippen molar-refractivity contribution < 1.29 is 36.3 Å². The number of carbonyl (C=O) groups excluding carboxylic acids is 2. The van der Waals surface area contributed by atoms with Gasteiger partial charge in [-0.1, -0.05) is 17.7 Å². The first-order valence-electron chi connectivity index (χ1n) is 13.7. The highest BCUT2D eigenvalue weighted by Gasteiger charge is 2.73. The number of piperidine rings is 1. The number of ether oxygens (including phenoxy) is 2. The molecular weight excluding hydrogens is 626 g/mol. The van der Waals surface area contributed by atoms with Crippen molar-refractivity contribution in [2.75, 3.05) is 33.1 Å². The molecule has 3 saturated carbocycles. The highest BCUT2D eigenvalue weighted by molar-refractivity contribution is 7.89. The molecule has 1 N–H and O–H groups in total. The van der Waals surface area contributed by atoms with E-state index in [4.69, 9.17) is 21.1 Å². The van der Waals surface area contributed by atoms with E-state index in [-0.39, 0.29) is 47.3 Å². The first-order chi connectivity index (χ1) is 20.4. The van der Waals surface area contributed by atoms with Crippen LogP contribution in [0.5, 0.6) is 0 Å². The van der Waals surface area contributed by atoms with Crippen molar-refractivity contribution in [3.05, 3.63) is 62.2 Å². The van der Waals surface area contributed by atoms with Crippen LogP contribution in [0, 0.1) is 28.4 Å². The van der Waals surface area contributed by atoms with E-state index in [0.29, 0.717) is 48.6 Å². The van der Waals surface area contributed by atoms with Crippen LogP contribution < -0.4 is 5.32 Å². The molecule has 2 aromatic rings. The number of nitrogens with one attached hydrogen (secondary N) is 1. The molecular formula is C28H29ClF2N4O6S2. The first kappa shape index (κ1) is 30.1. The molecule has 2 aliphatic heterocycles. The highest BCUT2D eigenvalue weighted by Crippen LogP contribution is 2.74. The van der Waals surface area contributed by atoms with Gasteiger partial charge in [0, 0.05) is 41.8 Å². The summed E-state index contributed by atoms with van der Waals surface area (Å²) in [4.78, 5) is 34.2. The molecule has 43 heavy (non-hydrogen) atoms. The smallest absolute Gasteiger partial charge is 0.338 e. The van der Waals surface area contributed by atoms with E-state index in [1.807, 2.05) is 0 Å². The van der Waals surface area contributed by atoms with E-state index < -0.39 is 44.1 Å². The topological polar surface area (TPSA) is 127 Å². The number of carbonyl (C=O) groups is 2. The minimum absolute atomic E-state index is 0.0185. The summed E-state index contributed by atoms with van der Waals surface area (Å²) in [5, 5.41) is 4.98. The van der Waals surface area contributed by atoms with Crippen molar-refractivity contribution in [3.63, 3.8) is 0 Å². The molecule has 5 aliphatic rings. The average molecular weight is 655 g/mol. The molecule has 1 atom stereocenters. The van der Waals surface area contributed by atoms with Gasteiger partial charge < -0.3 is 14.8 Å². The number of rotatable bonds is 8. The highest BCUT2D eigenvalue weighted by atomic mass is 35.5. The van der Waals surface area contributed by atoms with Crippen molar-refractivity contribution in [3.8, 4) is 0 Å². The fourth-order valence-electron chi connectivity index (χ4n) is 7.13. The SMILES string of the molecule is COC(=O)C1=C(C2CCN(S(=O)(=O)CC34CC(C(=O)OC)(C3)C4)CC2)NC(c2nccs2)=NC1c1ccc(F)c(F)c1Cl. The van der Waals surface area contributed by atoms with Crippen molar-refractivity contribution in [2.45, 2.75) is 38.1 Å². The van der Waals surface area contributed by atoms with Gasteiger partial charge in [-0.2, -0.15) is 0 Å². The normalized spacial score (nSPS) is 27.5. The van der Waals surface area contributed by atoms with Crippen LogP contribution in [0.25, 0.3) is 0 Å². The lowest BCUT2D eigenvalue weighted by molar-refractivity contribution is -0.217. The standard InChI is InChI=1S/C28H29ClF2N4O6S2/c1-40-25(36)18-21(33-23(24-32-7-10-42-24)34-22(18)16-3-4-17(30)20(31)19(16)29)15-5-8-35(9-6-15)43(38,39)14-27-11-28(12-27,13-27)26(37)41-2/h3-4,7,10,15,22H,5-6,8-9,11-14H2,1-2H3,(H,33,34). The number of halogens is 3. The third kappa shape index (κ3) is 5.05. The Morgan fingerprint density at radius 1 is 1.16 bits per heavy atom. The second-order valence-electron chi connectivity index (χ2n) is 11.7. The fraction of sp³-hybridized carbons (Fsp3) is 0.500. The molecule has 15 heteroatoms. The van der Waals surface area contributed by atoms with Gasteiger partial charge in [0.1, 0.15) is 6.04 Å². The van der Waals surface area contributed by atoms with Crippen molar-refractivity contribution in [1.82, 2.24) is 14.6 Å². The van der Waals surface area contributed by atoms with E-state index in [1.54, 1.807) is 11.6 Å². The number of nitrogens with zero attached hydrogens (tertiary/aromatic N) is 3. The molecule has 10 nitrogen and oxygen atoms in total. The number of hydrogen-bond acceptors (Lipinski definition) is 10. The Labute approximate surface area is 256 Å². The minimum Gasteiger partial charge on any atom is -0.469 e. The summed E-state index contributed by atoms with van der Waals surface area (Å²) in [6.07, 6.45) is 3.91. The molecule has 1 aromatic heterocycles. The maximum atomic E-state index is 14.6. The number of thiazole rings is 1. The van der Waals surface area contributed by atoms with Gasteiger partial charge >= 0.3 is 11.9 Å². The molecule has 1 unspecified atom stereocenters. The van der Waals surface area contributed by atoms with Gasteiger partial charge in [0.25, 0.3) is 0 Å². The molecule has 1 saturated heterocycles. The van der Waals surface area contributed by atoms with Crippen LogP contribution in [0.2, 0.25) is 5.02 Å². The zero-order valence-corrected chi connectivity index (χ0v) is 25.8. The van der Waals surface area contributed by atoms with E-state index in [2.05, 4.69) is 15.3 Å². The number of allylic oxidation sites excluding steroid dienone is 1. The second kappa shape index (κ2) is 10.9. The maximum Gasteiger partial charge on any atom is 0.338 e. The zero-order valence-electron chi connectivity index (χ0n) is 23.4. The van der Waals surface area contributed by atoms with Crippen LogP contribution in [0.1, 0.15) is 48.7 Å². The lowest BCUT2D eigenvalue weighted by Gasteiger charge is -2.68. The predicted molar refractivity (Wildman–Crippen MR) is 154 cm³/mol. The van der Waals surface area contributed by atoms with Crippen molar-refractivity contribution >= 4 is 50.7 Å². The van der Waals surface area contributed by atoms with E-state index in [1.165, 1.54) is 35.9 Å². The fourth-order valence-corrected chi connectivity index (χ4v) is 10.0. The zero-order chi connectivity index (χ0) is 30.7. The summed E-state index contributed by atoms with van der Waals surface area (Å²) in [7, 11) is -1.04. The number of aliphatic imine (C=N–C) groups is 1. The van der Waals surface area contributed by atoms with Crippen LogP contribution in [0.15, 0.2) is 40.0 Å². The molecule has 0 radical (unpaired) electrons. The number of methoxy groups -OCH3 is 2. The van der Waals surface area contributed by atoms with Gasteiger partial charge in [-0.15, -0.1) is 11.3 Å². The van der Waals surface area contributed by atoms with Crippen LogP contribution in [0.4, 0.5) is 8.78 Å². The van der Waals surface area contributed by atoms with Gasteiger partial charge in [0.15, 0.2) is 22.5 Å². The molecule has 4 fully saturated rings. The van der Waals surface area contributed by atoms with Crippen LogP contribution >= 0.6 is 22.9 Å². The molecule has 2 bridgehead atoms. The lowest BCUT2D eigenvalue weighted by atomic mass is 9.36. The van der Waals surface area contributed by atoms with Gasteiger partial charge in [0.2, 0.25) is 10.0 Å². The summed E-state index contributed by atoms with van der Waals surface area (Å²) in [6, 6.07) is 1.08. The third-order valence-electron chi connectivity index (χ3n) is 8.98. The first-order valence-corrected chi connectivity index (χ1v) is 16.6. The van der Waals surface area contributed by atoms with E-state index in [0.717, 1.165) is 6.07 Å². The van der Waals surface area contributed by atoms with Crippen LogP contribution in [-0.2, 0) is 29.1 Å². The largest absolute Gasteiger partial charge is 0.469 e. The van der Waals surface area contributed by atoms with Gasteiger partial charge in [-0.25, -0.2) is 31.3 Å². The Balaban J connectivity index is 1.27. The van der Waals surface area contributed by atoms with Crippen LogP contribution in [-0.4, -0.2) is 68.5 Å². The molecule has 0 spiro atoms. The lowest BCUT2D eigenvalue weighted by Crippen LogP contribution is -2.68. The Bertz CT molecular complexity index is 1640. The number of benzene rings is 1. The Morgan fingerprint density at radius 3 is 2.47 bits per heavy atom. The average Bonchev–Trinajstić information content (AvgIpc) is 3.51. The minimum atomic E-state index is -3.60. The number of amidine groups is 1. The third-order valence-corrected chi connectivity index (χ3v) is 12.3. The predicted octanol–water partition coefficient (Wildman–Crippen LogP) is 3.98. The number of hydrogen-bond donors (Lipinski definition) is 1. The summed E-state index contributed by atoms with van der Waals surface area (Å²) in [5.74, 6) is -3.40. The molecule has 0 amide bonds. The second-order valence-corrected chi connectivity index (χ2v) is 14.9. The molecule has 1 aromatic carbocycles. The number of sulfonamides is 1. The Morgan fingerprint density at radius 2 is 1.86 bits per heavy atom.